The Morgan fingerprint density at radius 2 is 2.00 bits per heavy atom. The summed E-state index contributed by atoms with van der Waals surface area (Å²) in [7, 11) is 3.55. The molecule has 3 saturated carbocycles. The molecule has 1 saturated heterocycles. The van der Waals surface area contributed by atoms with E-state index in [4.69, 9.17) is 15.5 Å². The Balaban J connectivity index is 1.27. The van der Waals surface area contributed by atoms with E-state index >= 15 is 0 Å². The Labute approximate surface area is 259 Å². The Morgan fingerprint density at radius 3 is 2.68 bits per heavy atom. The number of nitrogens with one attached hydrogen (secondary N) is 1. The van der Waals surface area contributed by atoms with Gasteiger partial charge in [0.15, 0.2) is 0 Å². The first-order valence-electron chi connectivity index (χ1n) is 15.9. The van der Waals surface area contributed by atoms with Crippen molar-refractivity contribution in [3.63, 3.8) is 0 Å². The number of nitrogens with zero attached hydrogens (tertiary/aromatic N) is 5. The number of piperazine rings is 1. The Kier molecular flexibility index (Phi) is 8.17. The Morgan fingerprint density at radius 1 is 1.20 bits per heavy atom. The quantitative estimate of drug-likeness (QED) is 0.321. The number of aromatic nitrogens is 2. The molecule has 44 heavy (non-hydrogen) atoms. The molecule has 0 unspecified atom stereocenters. The Hall–Kier alpha value is -3.50. The number of methoxy groups -OCH3 is 1. The lowest BCUT2D eigenvalue weighted by Crippen LogP contribution is -2.63. The van der Waals surface area contributed by atoms with Crippen LogP contribution in [0.3, 0.4) is 0 Å². The molecule has 7 rings (SSSR count). The standard InChI is InChI=1S/C34H46FN7O2/c1-20-17-42(18-31(36)38-20)33(39-29-14-23-13-27(21(29)2)34(23,3)4)40(5)24-8-10-26-30(15-24)37-19-41(32(26)43)12-11-22-7-9-25(44-6)16-28(22)35/h7-10,15-16,19-21,23,27,29,31,38H,11-14,17-18,36H2,1-6H3/b39-33-/t20-,21-,23+,27-,29-,31+/m0/s1. The normalized spacial score (nSPS) is 28.1. The molecular formula is C34H46FN7O2. The van der Waals surface area contributed by atoms with E-state index in [9.17, 15) is 9.18 Å². The highest BCUT2D eigenvalue weighted by atomic mass is 19.1. The molecule has 1 aliphatic heterocycles. The smallest absolute Gasteiger partial charge is 0.261 e. The largest absolute Gasteiger partial charge is 0.497 e. The van der Waals surface area contributed by atoms with Gasteiger partial charge in [0.05, 0.1) is 36.5 Å². The number of halogens is 1. The fraction of sp³-hybridized carbons (Fsp3) is 0.559. The van der Waals surface area contributed by atoms with Gasteiger partial charge in [-0.25, -0.2) is 14.4 Å². The molecule has 2 bridgehead atoms. The average molecular weight is 604 g/mol. The topological polar surface area (TPSA) is 101 Å². The fourth-order valence-electron chi connectivity index (χ4n) is 7.83. The molecule has 2 heterocycles. The molecule has 9 nitrogen and oxygen atoms in total. The number of hydrogen-bond acceptors (Lipinski definition) is 6. The van der Waals surface area contributed by atoms with E-state index in [0.717, 1.165) is 24.6 Å². The molecule has 10 heteroatoms. The number of nitrogens with two attached hydrogens (primary N) is 1. The first kappa shape index (κ1) is 30.5. The van der Waals surface area contributed by atoms with Crippen LogP contribution in [-0.2, 0) is 13.0 Å². The number of rotatable bonds is 6. The summed E-state index contributed by atoms with van der Waals surface area (Å²) in [6.07, 6.45) is 4.20. The van der Waals surface area contributed by atoms with Crippen molar-refractivity contribution >= 4 is 22.5 Å². The van der Waals surface area contributed by atoms with E-state index in [1.54, 1.807) is 23.0 Å². The molecule has 236 valence electrons. The zero-order chi connectivity index (χ0) is 31.3. The van der Waals surface area contributed by atoms with Crippen LogP contribution < -0.4 is 26.2 Å². The van der Waals surface area contributed by atoms with Crippen LogP contribution in [0.15, 0.2) is 52.5 Å². The number of anilines is 1. The maximum atomic E-state index is 14.5. The van der Waals surface area contributed by atoms with Gasteiger partial charge in [-0.1, -0.05) is 26.8 Å². The summed E-state index contributed by atoms with van der Waals surface area (Å²) in [4.78, 5) is 27.9. The second-order valence-corrected chi connectivity index (χ2v) is 13.7. The van der Waals surface area contributed by atoms with Gasteiger partial charge in [0.1, 0.15) is 11.6 Å². The molecule has 0 amide bonds. The van der Waals surface area contributed by atoms with Gasteiger partial charge in [-0.2, -0.15) is 0 Å². The third kappa shape index (κ3) is 5.58. The number of fused-ring (bicyclic) bond motifs is 3. The van der Waals surface area contributed by atoms with Gasteiger partial charge in [0.25, 0.3) is 5.56 Å². The van der Waals surface area contributed by atoms with Crippen molar-refractivity contribution in [3.05, 3.63) is 64.5 Å². The number of hydrogen-bond donors (Lipinski definition) is 2. The van der Waals surface area contributed by atoms with Crippen molar-refractivity contribution in [1.82, 2.24) is 19.8 Å². The van der Waals surface area contributed by atoms with Crippen LogP contribution in [0, 0.1) is 29.0 Å². The number of benzene rings is 2. The zero-order valence-corrected chi connectivity index (χ0v) is 26.8. The maximum absolute atomic E-state index is 14.5. The molecule has 3 aliphatic carbocycles. The summed E-state index contributed by atoms with van der Waals surface area (Å²) in [6.45, 7) is 11.1. The van der Waals surface area contributed by atoms with Gasteiger partial charge >= 0.3 is 0 Å². The number of aryl methyl sites for hydroxylation is 2. The number of ether oxygens (including phenoxy) is 1. The average Bonchev–Trinajstić information content (AvgIpc) is 2.99. The first-order valence-corrected chi connectivity index (χ1v) is 15.9. The highest BCUT2D eigenvalue weighted by Gasteiger charge is 2.56. The van der Waals surface area contributed by atoms with E-state index in [-0.39, 0.29) is 29.6 Å². The molecule has 3 aromatic rings. The zero-order valence-electron chi connectivity index (χ0n) is 26.8. The van der Waals surface area contributed by atoms with Crippen molar-refractivity contribution < 1.29 is 9.13 Å². The third-order valence-corrected chi connectivity index (χ3v) is 10.7. The lowest BCUT2D eigenvalue weighted by atomic mass is 9.45. The molecule has 3 N–H and O–H groups in total. The van der Waals surface area contributed by atoms with E-state index in [1.807, 2.05) is 25.2 Å². The summed E-state index contributed by atoms with van der Waals surface area (Å²) in [5.41, 5.74) is 8.70. The van der Waals surface area contributed by atoms with Crippen LogP contribution in [0.2, 0.25) is 0 Å². The molecule has 4 fully saturated rings. The highest BCUT2D eigenvalue weighted by Crippen LogP contribution is 2.61. The molecule has 1 aromatic heterocycles. The van der Waals surface area contributed by atoms with Crippen LogP contribution in [0.25, 0.3) is 10.9 Å². The number of guanidine groups is 1. The summed E-state index contributed by atoms with van der Waals surface area (Å²) in [5.74, 6) is 2.95. The summed E-state index contributed by atoms with van der Waals surface area (Å²) >= 11 is 0. The Bertz CT molecular complexity index is 1610. The minimum absolute atomic E-state index is 0.142. The second-order valence-electron chi connectivity index (χ2n) is 13.7. The minimum Gasteiger partial charge on any atom is -0.497 e. The predicted octanol–water partition coefficient (Wildman–Crippen LogP) is 4.23. The van der Waals surface area contributed by atoms with Gasteiger partial charge < -0.3 is 20.3 Å². The van der Waals surface area contributed by atoms with Gasteiger partial charge in [0.2, 0.25) is 5.96 Å². The van der Waals surface area contributed by atoms with Gasteiger partial charge in [-0.3, -0.25) is 14.7 Å². The SMILES string of the molecule is COc1ccc(CCn2cnc3cc(N(C)/C(=N/[C@H]4C[C@H]5C[C@@H]([C@@H]4C)C5(C)C)N4C[C@H](C)N[C@@H](N)C4)ccc3c2=O)c(F)c1. The van der Waals surface area contributed by atoms with Crippen LogP contribution in [0.4, 0.5) is 10.1 Å². The van der Waals surface area contributed by atoms with E-state index < -0.39 is 0 Å². The lowest BCUT2D eigenvalue weighted by molar-refractivity contribution is -0.108. The molecule has 0 radical (unpaired) electrons. The monoisotopic (exact) mass is 603 g/mol. The molecule has 2 aromatic carbocycles. The fourth-order valence-corrected chi connectivity index (χ4v) is 7.83. The minimum atomic E-state index is -0.348. The van der Waals surface area contributed by atoms with Crippen LogP contribution in [0.1, 0.15) is 46.1 Å². The summed E-state index contributed by atoms with van der Waals surface area (Å²) in [6, 6.07) is 11.0. The maximum Gasteiger partial charge on any atom is 0.261 e. The van der Waals surface area contributed by atoms with Crippen molar-refractivity contribution in [3.8, 4) is 5.75 Å². The van der Waals surface area contributed by atoms with E-state index in [2.05, 4.69) is 47.8 Å². The molecular weight excluding hydrogens is 557 g/mol. The second kappa shape index (κ2) is 11.8. The van der Waals surface area contributed by atoms with Gasteiger partial charge in [-0.05, 0) is 79.2 Å². The highest BCUT2D eigenvalue weighted by molar-refractivity contribution is 5.97. The van der Waals surface area contributed by atoms with Crippen molar-refractivity contribution in [2.45, 2.75) is 71.8 Å². The first-order chi connectivity index (χ1) is 21.0. The molecule has 4 aliphatic rings. The third-order valence-electron chi connectivity index (χ3n) is 10.7. The van der Waals surface area contributed by atoms with Gasteiger partial charge in [-0.15, -0.1) is 0 Å². The number of aliphatic imine (C=N–C) groups is 1. The van der Waals surface area contributed by atoms with E-state index in [0.29, 0.717) is 64.9 Å². The lowest BCUT2D eigenvalue weighted by Gasteiger charge is -2.61. The van der Waals surface area contributed by atoms with Crippen molar-refractivity contribution in [1.29, 1.82) is 0 Å². The van der Waals surface area contributed by atoms with Crippen molar-refractivity contribution in [2.75, 3.05) is 32.1 Å². The van der Waals surface area contributed by atoms with Crippen LogP contribution in [0.5, 0.6) is 5.75 Å². The van der Waals surface area contributed by atoms with Gasteiger partial charge in [0, 0.05) is 44.5 Å². The predicted molar refractivity (Wildman–Crippen MR) is 174 cm³/mol. The summed E-state index contributed by atoms with van der Waals surface area (Å²) in [5, 5.41) is 3.96. The molecule has 0 spiro atoms. The molecule has 6 atom stereocenters. The summed E-state index contributed by atoms with van der Waals surface area (Å²) < 4.78 is 21.1. The van der Waals surface area contributed by atoms with Crippen molar-refractivity contribution in [2.24, 2.45) is 33.9 Å². The van der Waals surface area contributed by atoms with Crippen LogP contribution >= 0.6 is 0 Å². The van der Waals surface area contributed by atoms with E-state index in [1.165, 1.54) is 19.6 Å². The van der Waals surface area contributed by atoms with Crippen LogP contribution in [-0.4, -0.2) is 65.9 Å².